The molecule has 1 aromatic heterocycles. The molecule has 0 radical (unpaired) electrons. The van der Waals surface area contributed by atoms with Crippen LogP contribution in [0.15, 0.2) is 10.7 Å². The monoisotopic (exact) mass is 209 g/mol. The van der Waals surface area contributed by atoms with Crippen LogP contribution in [0.1, 0.15) is 29.0 Å². The van der Waals surface area contributed by atoms with Crippen molar-refractivity contribution in [3.8, 4) is 0 Å². The summed E-state index contributed by atoms with van der Waals surface area (Å²) in [4.78, 5) is 13.7. The molecule has 0 aromatic carbocycles. The first kappa shape index (κ1) is 10.2. The molecule has 0 bridgehead atoms. The molecule has 1 aliphatic rings. The molecule has 0 spiro atoms. The van der Waals surface area contributed by atoms with Gasteiger partial charge in [-0.2, -0.15) is 0 Å². The summed E-state index contributed by atoms with van der Waals surface area (Å²) in [5, 5.41) is 3.60. The van der Waals surface area contributed by atoms with Crippen molar-refractivity contribution in [2.45, 2.75) is 25.8 Å². The fourth-order valence-corrected chi connectivity index (χ4v) is 1.83. The average molecular weight is 209 g/mol. The number of nitrogens with two attached hydrogens (primary N) is 1. The maximum atomic E-state index is 12.0. The molecule has 0 saturated carbocycles. The van der Waals surface area contributed by atoms with Gasteiger partial charge in [-0.05, 0) is 19.8 Å². The Labute approximate surface area is 88.2 Å². The lowest BCUT2D eigenvalue weighted by atomic mass is 10.1. The molecule has 1 amide bonds. The lowest BCUT2D eigenvalue weighted by Crippen LogP contribution is -2.45. The minimum atomic E-state index is -0.0971. The predicted molar refractivity (Wildman–Crippen MR) is 54.4 cm³/mol. The van der Waals surface area contributed by atoms with Crippen molar-refractivity contribution in [3.05, 3.63) is 17.5 Å². The third-order valence-electron chi connectivity index (χ3n) is 2.69. The van der Waals surface area contributed by atoms with Crippen LogP contribution in [0.5, 0.6) is 0 Å². The van der Waals surface area contributed by atoms with Gasteiger partial charge in [-0.25, -0.2) is 0 Å². The van der Waals surface area contributed by atoms with E-state index in [2.05, 4.69) is 5.16 Å². The van der Waals surface area contributed by atoms with E-state index in [-0.39, 0.29) is 11.9 Å². The predicted octanol–water partition coefficient (Wildman–Crippen LogP) is 0.546. The number of hydrogen-bond acceptors (Lipinski definition) is 4. The zero-order valence-corrected chi connectivity index (χ0v) is 8.77. The van der Waals surface area contributed by atoms with Gasteiger partial charge in [0.2, 0.25) is 5.76 Å². The summed E-state index contributed by atoms with van der Waals surface area (Å²) >= 11 is 0. The smallest absolute Gasteiger partial charge is 0.292 e. The molecule has 2 rings (SSSR count). The molecule has 1 aliphatic heterocycles. The van der Waals surface area contributed by atoms with Gasteiger partial charge in [-0.3, -0.25) is 4.79 Å². The topological polar surface area (TPSA) is 72.4 Å². The third-order valence-corrected chi connectivity index (χ3v) is 2.69. The largest absolute Gasteiger partial charge is 0.351 e. The Morgan fingerprint density at radius 2 is 2.53 bits per heavy atom. The van der Waals surface area contributed by atoms with Gasteiger partial charge in [-0.15, -0.1) is 0 Å². The quantitative estimate of drug-likeness (QED) is 0.733. The van der Waals surface area contributed by atoms with Crippen molar-refractivity contribution in [3.63, 3.8) is 0 Å². The molecule has 5 nitrogen and oxygen atoms in total. The van der Waals surface area contributed by atoms with Gasteiger partial charge in [0.1, 0.15) is 0 Å². The van der Waals surface area contributed by atoms with Gasteiger partial charge >= 0.3 is 0 Å². The SMILES string of the molecule is Cc1cnoc1C(=O)N1CCC[C@@H](N)C1. The second-order valence-electron chi connectivity index (χ2n) is 3.99. The number of rotatable bonds is 1. The van der Waals surface area contributed by atoms with Crippen molar-refractivity contribution < 1.29 is 9.32 Å². The highest BCUT2D eigenvalue weighted by molar-refractivity contribution is 5.92. The molecule has 0 unspecified atom stereocenters. The molecule has 2 heterocycles. The van der Waals surface area contributed by atoms with Gasteiger partial charge in [0.25, 0.3) is 5.91 Å². The fourth-order valence-electron chi connectivity index (χ4n) is 1.83. The number of carbonyl (C=O) groups is 1. The van der Waals surface area contributed by atoms with Crippen molar-refractivity contribution in [2.24, 2.45) is 5.73 Å². The van der Waals surface area contributed by atoms with Crippen LogP contribution in [0.3, 0.4) is 0 Å². The number of likely N-dealkylation sites (tertiary alicyclic amines) is 1. The van der Waals surface area contributed by atoms with E-state index in [1.807, 2.05) is 6.92 Å². The standard InChI is InChI=1S/C10H15N3O2/c1-7-5-12-15-9(7)10(14)13-4-2-3-8(11)6-13/h5,8H,2-4,6,11H2,1H3/t8-/m1/s1. The van der Waals surface area contributed by atoms with Crippen LogP contribution in [0.25, 0.3) is 0 Å². The normalized spacial score (nSPS) is 21.7. The summed E-state index contributed by atoms with van der Waals surface area (Å²) in [7, 11) is 0. The number of hydrogen-bond donors (Lipinski definition) is 1. The van der Waals surface area contributed by atoms with Crippen LogP contribution in [0.2, 0.25) is 0 Å². The van der Waals surface area contributed by atoms with E-state index in [1.165, 1.54) is 0 Å². The van der Waals surface area contributed by atoms with Crippen LogP contribution < -0.4 is 5.73 Å². The summed E-state index contributed by atoms with van der Waals surface area (Å²) in [6, 6.07) is 0.0888. The summed E-state index contributed by atoms with van der Waals surface area (Å²) in [5.41, 5.74) is 6.59. The summed E-state index contributed by atoms with van der Waals surface area (Å²) in [6.45, 7) is 3.18. The van der Waals surface area contributed by atoms with E-state index in [4.69, 9.17) is 10.3 Å². The Bertz CT molecular complexity index is 361. The van der Waals surface area contributed by atoms with Gasteiger partial charge in [0.05, 0.1) is 6.20 Å². The highest BCUT2D eigenvalue weighted by Gasteiger charge is 2.25. The van der Waals surface area contributed by atoms with E-state index < -0.39 is 0 Å². The van der Waals surface area contributed by atoms with Crippen LogP contribution in [0, 0.1) is 6.92 Å². The number of aromatic nitrogens is 1. The first-order valence-corrected chi connectivity index (χ1v) is 5.14. The van der Waals surface area contributed by atoms with E-state index in [0.717, 1.165) is 24.9 Å². The van der Waals surface area contributed by atoms with Crippen LogP contribution in [-0.2, 0) is 0 Å². The molecular weight excluding hydrogens is 194 g/mol. The first-order valence-electron chi connectivity index (χ1n) is 5.14. The van der Waals surface area contributed by atoms with E-state index in [9.17, 15) is 4.79 Å². The molecule has 5 heteroatoms. The lowest BCUT2D eigenvalue weighted by Gasteiger charge is -2.29. The molecule has 2 N–H and O–H groups in total. The molecule has 1 saturated heterocycles. The van der Waals surface area contributed by atoms with Gasteiger partial charge in [0, 0.05) is 24.7 Å². The number of nitrogens with zero attached hydrogens (tertiary/aromatic N) is 2. The van der Waals surface area contributed by atoms with Gasteiger partial charge in [-0.1, -0.05) is 5.16 Å². The number of amides is 1. The van der Waals surface area contributed by atoms with Gasteiger partial charge < -0.3 is 15.2 Å². The zero-order valence-electron chi connectivity index (χ0n) is 8.77. The molecule has 1 atom stereocenters. The average Bonchev–Trinajstić information content (AvgIpc) is 2.63. The van der Waals surface area contributed by atoms with Crippen LogP contribution in [0.4, 0.5) is 0 Å². The minimum Gasteiger partial charge on any atom is -0.351 e. The van der Waals surface area contributed by atoms with E-state index >= 15 is 0 Å². The van der Waals surface area contributed by atoms with Crippen molar-refractivity contribution in [1.82, 2.24) is 10.1 Å². The number of aryl methyl sites for hydroxylation is 1. The highest BCUT2D eigenvalue weighted by Crippen LogP contribution is 2.14. The Morgan fingerprint density at radius 1 is 1.73 bits per heavy atom. The summed E-state index contributed by atoms with van der Waals surface area (Å²) < 4.78 is 4.93. The Morgan fingerprint density at radius 3 is 3.13 bits per heavy atom. The van der Waals surface area contributed by atoms with E-state index in [1.54, 1.807) is 11.1 Å². The first-order chi connectivity index (χ1) is 7.18. The molecular formula is C10H15N3O2. The minimum absolute atomic E-state index is 0.0888. The Hall–Kier alpha value is -1.36. The second kappa shape index (κ2) is 4.02. The Kier molecular flexibility index (Phi) is 2.73. The number of piperidine rings is 1. The second-order valence-corrected chi connectivity index (χ2v) is 3.99. The molecule has 82 valence electrons. The van der Waals surface area contributed by atoms with Crippen molar-refractivity contribution in [2.75, 3.05) is 13.1 Å². The van der Waals surface area contributed by atoms with Crippen molar-refractivity contribution >= 4 is 5.91 Å². The van der Waals surface area contributed by atoms with Gasteiger partial charge in [0.15, 0.2) is 0 Å². The maximum absolute atomic E-state index is 12.0. The summed E-state index contributed by atoms with van der Waals surface area (Å²) in [5.74, 6) is 0.240. The molecule has 1 fully saturated rings. The highest BCUT2D eigenvalue weighted by atomic mass is 16.5. The summed E-state index contributed by atoms with van der Waals surface area (Å²) in [6.07, 6.45) is 3.50. The van der Waals surface area contributed by atoms with Crippen LogP contribution in [-0.4, -0.2) is 35.1 Å². The van der Waals surface area contributed by atoms with E-state index in [0.29, 0.717) is 12.3 Å². The Balaban J connectivity index is 2.11. The van der Waals surface area contributed by atoms with Crippen molar-refractivity contribution in [1.29, 1.82) is 0 Å². The molecule has 0 aliphatic carbocycles. The number of carbonyl (C=O) groups excluding carboxylic acids is 1. The third kappa shape index (κ3) is 2.02. The molecule has 15 heavy (non-hydrogen) atoms. The fraction of sp³-hybridized carbons (Fsp3) is 0.600. The lowest BCUT2D eigenvalue weighted by molar-refractivity contribution is 0.0666. The zero-order chi connectivity index (χ0) is 10.8. The maximum Gasteiger partial charge on any atom is 0.292 e. The molecule has 1 aromatic rings. The van der Waals surface area contributed by atoms with Crippen LogP contribution >= 0.6 is 0 Å².